The standard InChI is InChI=1S/C29H22N4O5S.Na/c30-22-10-6-18(7-11-22)19-8-12-23(13-9-19)32-33-27-26(39(36,37)38)17-21-16-24(14-15-25(21)28(27)34)31-29(35)20-4-2-1-3-5-20;/h1-17,34H,30H2,(H,31,35)(H,36,37,38);/q;+1. The summed E-state index contributed by atoms with van der Waals surface area (Å²) in [5, 5.41) is 22.2. The van der Waals surface area contributed by atoms with Crippen LogP contribution in [0.25, 0.3) is 21.9 Å². The molecule has 5 aromatic carbocycles. The first-order chi connectivity index (χ1) is 18.7. The fraction of sp³-hybridized carbons (Fsp3) is 0. The first kappa shape index (κ1) is 28.9. The number of nitrogens with one attached hydrogen (secondary N) is 1. The topological polar surface area (TPSA) is 154 Å². The molecule has 0 fully saturated rings. The molecular formula is C29H22N4NaO5S+. The summed E-state index contributed by atoms with van der Waals surface area (Å²) < 4.78 is 34.3. The van der Waals surface area contributed by atoms with Crippen molar-refractivity contribution in [2.24, 2.45) is 10.2 Å². The fourth-order valence-electron chi connectivity index (χ4n) is 4.02. The first-order valence-corrected chi connectivity index (χ1v) is 13.1. The summed E-state index contributed by atoms with van der Waals surface area (Å²) in [5.74, 6) is -0.842. The van der Waals surface area contributed by atoms with Crippen LogP contribution in [-0.4, -0.2) is 24.0 Å². The van der Waals surface area contributed by atoms with E-state index < -0.39 is 26.5 Å². The Morgan fingerprint density at radius 3 is 2.05 bits per heavy atom. The molecule has 0 unspecified atom stereocenters. The van der Waals surface area contributed by atoms with E-state index in [0.717, 1.165) is 11.1 Å². The molecule has 0 saturated carbocycles. The van der Waals surface area contributed by atoms with Gasteiger partial charge in [-0.15, -0.1) is 5.11 Å². The van der Waals surface area contributed by atoms with Gasteiger partial charge in [0, 0.05) is 22.3 Å². The van der Waals surface area contributed by atoms with Crippen molar-refractivity contribution >= 4 is 49.5 Å². The molecular weight excluding hydrogens is 539 g/mol. The van der Waals surface area contributed by atoms with Crippen LogP contribution in [0.2, 0.25) is 0 Å². The van der Waals surface area contributed by atoms with Crippen molar-refractivity contribution in [2.45, 2.75) is 4.90 Å². The van der Waals surface area contributed by atoms with E-state index in [1.807, 2.05) is 24.3 Å². The number of anilines is 2. The molecule has 11 heteroatoms. The number of nitrogens with two attached hydrogens (primary N) is 1. The number of hydrogen-bond donors (Lipinski definition) is 4. The zero-order chi connectivity index (χ0) is 27.6. The summed E-state index contributed by atoms with van der Waals surface area (Å²) in [7, 11) is -4.79. The van der Waals surface area contributed by atoms with Crippen molar-refractivity contribution in [1.29, 1.82) is 0 Å². The number of phenols is 1. The molecule has 0 saturated heterocycles. The van der Waals surface area contributed by atoms with Crippen LogP contribution in [0.4, 0.5) is 22.7 Å². The van der Waals surface area contributed by atoms with Crippen LogP contribution in [0.3, 0.4) is 0 Å². The van der Waals surface area contributed by atoms with Gasteiger partial charge in [0.2, 0.25) is 0 Å². The average Bonchev–Trinajstić information content (AvgIpc) is 2.93. The number of rotatable bonds is 6. The number of phenolic OH excluding ortho intramolecular Hbond substituents is 1. The van der Waals surface area contributed by atoms with Gasteiger partial charge < -0.3 is 16.2 Å². The number of nitrogens with zero attached hydrogens (tertiary/aromatic N) is 2. The maximum absolute atomic E-state index is 12.5. The third-order valence-corrected chi connectivity index (χ3v) is 6.87. The molecule has 194 valence electrons. The Kier molecular flexibility index (Phi) is 8.67. The maximum Gasteiger partial charge on any atom is 1.00 e. The van der Waals surface area contributed by atoms with Gasteiger partial charge >= 0.3 is 29.6 Å². The Morgan fingerprint density at radius 2 is 1.43 bits per heavy atom. The minimum absolute atomic E-state index is 0. The molecule has 0 aliphatic heterocycles. The van der Waals surface area contributed by atoms with Gasteiger partial charge in [-0.05, 0) is 77.2 Å². The smallest absolute Gasteiger partial charge is 0.505 e. The molecule has 0 aliphatic rings. The van der Waals surface area contributed by atoms with Crippen LogP contribution >= 0.6 is 0 Å². The van der Waals surface area contributed by atoms with Gasteiger partial charge in [-0.25, -0.2) is 0 Å². The van der Waals surface area contributed by atoms with E-state index >= 15 is 0 Å². The molecule has 0 radical (unpaired) electrons. The molecule has 0 spiro atoms. The normalized spacial score (nSPS) is 11.3. The van der Waals surface area contributed by atoms with Gasteiger partial charge in [-0.3, -0.25) is 9.35 Å². The second-order valence-corrected chi connectivity index (χ2v) is 10.1. The van der Waals surface area contributed by atoms with E-state index in [-0.39, 0.29) is 46.2 Å². The second-order valence-electron chi connectivity index (χ2n) is 8.67. The van der Waals surface area contributed by atoms with Crippen LogP contribution in [0, 0.1) is 0 Å². The van der Waals surface area contributed by atoms with Gasteiger partial charge in [-0.2, -0.15) is 13.5 Å². The summed E-state index contributed by atoms with van der Waals surface area (Å²) in [6, 6.07) is 28.6. The molecule has 5 aromatic rings. The quantitative estimate of drug-likeness (QED) is 0.107. The van der Waals surface area contributed by atoms with E-state index in [9.17, 15) is 22.9 Å². The molecule has 0 bridgehead atoms. The van der Waals surface area contributed by atoms with Crippen molar-refractivity contribution in [3.05, 3.63) is 109 Å². The Hall–Kier alpha value is -4.06. The number of carbonyl (C=O) groups excluding carboxylic acids is 1. The van der Waals surface area contributed by atoms with Crippen molar-refractivity contribution in [3.8, 4) is 16.9 Å². The van der Waals surface area contributed by atoms with Crippen LogP contribution < -0.4 is 40.6 Å². The zero-order valence-corrected chi connectivity index (χ0v) is 24.1. The second kappa shape index (κ2) is 12.0. The number of amides is 1. The van der Waals surface area contributed by atoms with E-state index in [4.69, 9.17) is 5.73 Å². The summed E-state index contributed by atoms with van der Waals surface area (Å²) in [4.78, 5) is 11.9. The predicted octanol–water partition coefficient (Wildman–Crippen LogP) is 3.71. The van der Waals surface area contributed by atoms with Gasteiger partial charge in [0.15, 0.2) is 5.75 Å². The predicted molar refractivity (Wildman–Crippen MR) is 150 cm³/mol. The number of aromatic hydroxyl groups is 1. The Bertz CT molecular complexity index is 1830. The molecule has 9 nitrogen and oxygen atoms in total. The summed E-state index contributed by atoms with van der Waals surface area (Å²) in [6.45, 7) is 0. The van der Waals surface area contributed by atoms with Gasteiger partial charge in [-0.1, -0.05) is 42.5 Å². The van der Waals surface area contributed by atoms with Gasteiger partial charge in [0.05, 0.1) is 5.69 Å². The molecule has 0 heterocycles. The Balaban J connectivity index is 0.00000370. The monoisotopic (exact) mass is 561 g/mol. The molecule has 40 heavy (non-hydrogen) atoms. The fourth-order valence-corrected chi connectivity index (χ4v) is 4.68. The summed E-state index contributed by atoms with van der Waals surface area (Å²) in [5.41, 5.74) is 9.05. The van der Waals surface area contributed by atoms with E-state index in [2.05, 4.69) is 15.5 Å². The third-order valence-electron chi connectivity index (χ3n) is 6.00. The summed E-state index contributed by atoms with van der Waals surface area (Å²) in [6.07, 6.45) is 0. The number of benzene rings is 5. The number of carbonyl (C=O) groups is 1. The Morgan fingerprint density at radius 1 is 0.800 bits per heavy atom. The summed E-state index contributed by atoms with van der Waals surface area (Å²) >= 11 is 0. The van der Waals surface area contributed by atoms with Gasteiger partial charge in [0.25, 0.3) is 16.0 Å². The Labute approximate surface area is 252 Å². The van der Waals surface area contributed by atoms with Crippen LogP contribution in [0.15, 0.2) is 118 Å². The van der Waals surface area contributed by atoms with Crippen LogP contribution in [0.5, 0.6) is 5.75 Å². The minimum atomic E-state index is -4.79. The molecule has 5 rings (SSSR count). The molecule has 5 N–H and O–H groups in total. The number of nitrogen functional groups attached to an aromatic ring is 1. The SMILES string of the molecule is Nc1ccc(-c2ccc(N=Nc3c(S(=O)(=O)O)cc4cc(NC(=O)c5ccccc5)ccc4c3O)cc2)cc1.[Na+]. The minimum Gasteiger partial charge on any atom is -0.505 e. The van der Waals surface area contributed by atoms with Crippen molar-refractivity contribution in [2.75, 3.05) is 11.1 Å². The molecule has 0 atom stereocenters. The number of azo groups is 1. The number of hydrogen-bond acceptors (Lipinski definition) is 7. The van der Waals surface area contributed by atoms with Crippen LogP contribution in [-0.2, 0) is 10.1 Å². The van der Waals surface area contributed by atoms with Crippen molar-refractivity contribution in [1.82, 2.24) is 0 Å². The van der Waals surface area contributed by atoms with E-state index in [1.54, 1.807) is 60.7 Å². The molecule has 1 amide bonds. The molecule has 0 aromatic heterocycles. The van der Waals surface area contributed by atoms with Crippen molar-refractivity contribution < 1.29 is 52.4 Å². The molecule has 0 aliphatic carbocycles. The van der Waals surface area contributed by atoms with Gasteiger partial charge in [0.1, 0.15) is 10.6 Å². The van der Waals surface area contributed by atoms with E-state index in [0.29, 0.717) is 22.6 Å². The third kappa shape index (κ3) is 6.39. The van der Waals surface area contributed by atoms with Crippen molar-refractivity contribution in [3.63, 3.8) is 0 Å². The average molecular weight is 562 g/mol. The van der Waals surface area contributed by atoms with Crippen LogP contribution in [0.1, 0.15) is 10.4 Å². The maximum atomic E-state index is 12.5. The number of fused-ring (bicyclic) bond motifs is 1. The largest absolute Gasteiger partial charge is 1.00 e. The van der Waals surface area contributed by atoms with E-state index in [1.165, 1.54) is 18.2 Å². The first-order valence-electron chi connectivity index (χ1n) is 11.7. The zero-order valence-electron chi connectivity index (χ0n) is 21.3.